The molecule has 5 aromatic rings. The number of aromatic amines is 1. The molecule has 4 aliphatic rings. The number of aliphatic hydroxyl groups is 3. The van der Waals surface area contributed by atoms with Crippen molar-refractivity contribution in [3.63, 3.8) is 0 Å². The van der Waals surface area contributed by atoms with E-state index in [0.29, 0.717) is 11.5 Å². The summed E-state index contributed by atoms with van der Waals surface area (Å²) in [5.74, 6) is -5.35. The number of rotatable bonds is 14. The molecule has 1 aliphatic heterocycles. The molecule has 2 heterocycles. The molecule has 1 aromatic heterocycles. The normalized spacial score (nSPS) is 27.1. The van der Waals surface area contributed by atoms with Crippen molar-refractivity contribution in [2.24, 2.45) is 16.7 Å². The van der Waals surface area contributed by atoms with E-state index in [9.17, 15) is 44.1 Å². The van der Waals surface area contributed by atoms with Crippen molar-refractivity contribution in [2.45, 2.75) is 126 Å². The van der Waals surface area contributed by atoms with Gasteiger partial charge >= 0.3 is 30.0 Å². The number of imidazole rings is 1. The number of amides is 2. The average molecular weight is 1120 g/mol. The van der Waals surface area contributed by atoms with Crippen LogP contribution in [0.1, 0.15) is 100 Å². The van der Waals surface area contributed by atoms with Crippen LogP contribution in [0.2, 0.25) is 0 Å². The second kappa shape index (κ2) is 23.7. The lowest BCUT2D eigenvalue weighted by Gasteiger charge is -2.67. The molecule has 0 radical (unpaired) electrons. The fourth-order valence-corrected chi connectivity index (χ4v) is 12.5. The third kappa shape index (κ3) is 11.2. The number of thioether (sulfide) groups is 1. The van der Waals surface area contributed by atoms with Crippen LogP contribution in [0.4, 0.5) is 10.7 Å². The van der Waals surface area contributed by atoms with Gasteiger partial charge < -0.3 is 54.0 Å². The molecule has 2 saturated carbocycles. The molecule has 80 heavy (non-hydrogen) atoms. The van der Waals surface area contributed by atoms with E-state index < -0.39 is 119 Å². The number of ether oxygens (including phenoxy) is 6. The minimum atomic E-state index is -2.39. The zero-order valence-electron chi connectivity index (χ0n) is 45.6. The average Bonchev–Trinajstić information content (AvgIpc) is 2.34. The summed E-state index contributed by atoms with van der Waals surface area (Å²) in [6.45, 7) is 10.1. The molecule has 2 bridgehead atoms. The number of esters is 4. The Bertz CT molecular complexity index is 3170. The highest BCUT2D eigenvalue weighted by Gasteiger charge is 2.78. The number of hydrogen-bond acceptors (Lipinski definition) is 18. The van der Waals surface area contributed by atoms with E-state index in [2.05, 4.69) is 32.3 Å². The molecule has 0 spiro atoms. The van der Waals surface area contributed by atoms with Gasteiger partial charge in [-0.1, -0.05) is 87.5 Å². The Balaban J connectivity index is 0.000000395. The first-order valence-electron chi connectivity index (χ1n) is 26.2. The van der Waals surface area contributed by atoms with Crippen molar-refractivity contribution >= 4 is 70.4 Å². The highest BCUT2D eigenvalue weighted by atomic mass is 32.2. The van der Waals surface area contributed by atoms with Crippen LogP contribution in [0.3, 0.4) is 0 Å². The van der Waals surface area contributed by atoms with E-state index in [0.717, 1.165) is 37.1 Å². The first-order valence-corrected chi connectivity index (χ1v) is 27.2. The molecule has 21 heteroatoms. The monoisotopic (exact) mass is 1120 g/mol. The van der Waals surface area contributed by atoms with Gasteiger partial charge in [0.15, 0.2) is 23.6 Å². The molecule has 2 amide bonds. The Kier molecular flexibility index (Phi) is 17.4. The minimum Gasteiger partial charge on any atom is -0.456 e. The van der Waals surface area contributed by atoms with Gasteiger partial charge in [0, 0.05) is 42.6 Å². The fourth-order valence-electron chi connectivity index (χ4n) is 11.7. The van der Waals surface area contributed by atoms with Gasteiger partial charge in [-0.15, -0.1) is 11.8 Å². The SMILES string of the molecule is CC(=O)O[C@H]1C(=O)[C@@]2(C)[C@H]([C@H](OC(=O)c3ccccc3)[C@]3(O)C[C@H](OC(=O)[C@H](O)[C@@H](NC(=O)c4ccccc4)c4ccccc4)C(C)=C1C3(C)C)[C@]1(OC(C)=O)CO[C@@H]1C[C@@H]2O.CCCSc1ccc2nc(NC(=O)OC)[nH]c2c1. The maximum Gasteiger partial charge on any atom is 0.413 e. The lowest BCUT2D eigenvalue weighted by Crippen LogP contribution is -2.82. The largest absolute Gasteiger partial charge is 0.456 e. The predicted molar refractivity (Wildman–Crippen MR) is 291 cm³/mol. The molecule has 0 unspecified atom stereocenters. The molecule has 3 aliphatic carbocycles. The molecule has 20 nitrogen and oxygen atoms in total. The molecule has 11 atom stereocenters. The molecular weight excluding hydrogens is 1050 g/mol. The smallest absolute Gasteiger partial charge is 0.413 e. The van der Waals surface area contributed by atoms with E-state index >= 15 is 4.79 Å². The minimum absolute atomic E-state index is 0.00289. The van der Waals surface area contributed by atoms with Crippen molar-refractivity contribution in [3.8, 4) is 0 Å². The third-order valence-electron chi connectivity index (χ3n) is 15.8. The van der Waals surface area contributed by atoms with Crippen LogP contribution in [0.15, 0.2) is 125 Å². The Labute approximate surface area is 466 Å². The van der Waals surface area contributed by atoms with Gasteiger partial charge in [0.1, 0.15) is 23.9 Å². The highest BCUT2D eigenvalue weighted by Crippen LogP contribution is 2.64. The van der Waals surface area contributed by atoms with E-state index in [-0.39, 0.29) is 35.3 Å². The number of carbonyl (C=O) groups is 7. The summed E-state index contributed by atoms with van der Waals surface area (Å²) in [4.78, 5) is 103. The number of aliphatic hydroxyl groups excluding tert-OH is 2. The number of H-pyrrole nitrogens is 1. The van der Waals surface area contributed by atoms with Crippen LogP contribution in [0, 0.1) is 16.7 Å². The number of anilines is 1. The lowest BCUT2D eigenvalue weighted by molar-refractivity contribution is -0.346. The highest BCUT2D eigenvalue weighted by molar-refractivity contribution is 7.99. The maximum atomic E-state index is 15.5. The molecule has 6 N–H and O–H groups in total. The standard InChI is InChI=1S/C47H51NO14.C12H15N3O2S/c1-25-31(60-43(56)36(52)35(28-16-10-7-11-17-28)48-41(54)29-18-12-8-13-19-29)23-47(57)40(61-42(55)30-20-14-9-15-21-30)38-45(6,32(51)22-33-46(38,24-58-33)62-27(3)50)39(53)37(59-26(2)49)34(25)44(47,4)5;1-3-6-18-8-4-5-9-10(7-8)14-11(13-9)15-12(16)17-2/h7-21,31-33,35-38,40,51-52,57H,22-24H2,1-6H3,(H,48,54);4-5,7H,3,6H2,1-2H3,(H2,13,14,15,16)/t31-,32-,33+,35-,36+,37+,38-,40-,45+,46-,47+;/m0./s1. The zero-order chi connectivity index (χ0) is 57.9. The van der Waals surface area contributed by atoms with Crippen molar-refractivity contribution in [1.29, 1.82) is 0 Å². The zero-order valence-corrected chi connectivity index (χ0v) is 46.4. The molecule has 3 fully saturated rings. The van der Waals surface area contributed by atoms with Crippen LogP contribution in [-0.2, 0) is 47.6 Å². The molecule has 1 saturated heterocycles. The van der Waals surface area contributed by atoms with Crippen LogP contribution < -0.4 is 10.6 Å². The number of Topliss-reactive ketones (excluding diaryl/α,β-unsaturated/α-hetero) is 1. The van der Waals surface area contributed by atoms with Gasteiger partial charge in [0.05, 0.1) is 53.8 Å². The lowest BCUT2D eigenvalue weighted by atomic mass is 9.44. The number of benzene rings is 4. The van der Waals surface area contributed by atoms with Gasteiger partial charge in [-0.25, -0.2) is 19.4 Å². The number of hydrogen-bond donors (Lipinski definition) is 6. The summed E-state index contributed by atoms with van der Waals surface area (Å²) in [5, 5.41) is 42.7. The summed E-state index contributed by atoms with van der Waals surface area (Å²) in [6.07, 6.45) is -9.90. The quantitative estimate of drug-likeness (QED) is 0.0283. The second-order valence-electron chi connectivity index (χ2n) is 21.1. The Hall–Kier alpha value is -7.43. The number of methoxy groups -OCH3 is 1. The van der Waals surface area contributed by atoms with Crippen molar-refractivity contribution in [1.82, 2.24) is 15.3 Å². The van der Waals surface area contributed by atoms with Crippen molar-refractivity contribution < 1.29 is 77.3 Å². The summed E-state index contributed by atoms with van der Waals surface area (Å²) < 4.78 is 34.8. The topological polar surface area (TPSA) is 288 Å². The van der Waals surface area contributed by atoms with Crippen molar-refractivity contribution in [2.75, 3.05) is 24.8 Å². The number of nitrogens with one attached hydrogen (secondary N) is 3. The van der Waals surface area contributed by atoms with Gasteiger partial charge in [-0.05, 0) is 85.2 Å². The first kappa shape index (κ1) is 58.7. The van der Waals surface area contributed by atoms with Gasteiger partial charge in [0.25, 0.3) is 5.91 Å². The second-order valence-corrected chi connectivity index (χ2v) is 22.3. The van der Waals surface area contributed by atoms with Crippen molar-refractivity contribution in [3.05, 3.63) is 137 Å². The fraction of sp³-hybridized carbons (Fsp3) is 0.424. The number of ketones is 1. The molecule has 424 valence electrons. The predicted octanol–water partition coefficient (Wildman–Crippen LogP) is 6.98. The van der Waals surface area contributed by atoms with Gasteiger partial charge in [0.2, 0.25) is 5.95 Å². The maximum absolute atomic E-state index is 15.5. The van der Waals surface area contributed by atoms with Gasteiger partial charge in [-0.2, -0.15) is 0 Å². The summed E-state index contributed by atoms with van der Waals surface area (Å²) in [6, 6.07) is 28.9. The number of carbonyl (C=O) groups excluding carboxylic acids is 7. The van der Waals surface area contributed by atoms with E-state index in [1.54, 1.807) is 104 Å². The number of fused-ring (bicyclic) bond motifs is 6. The van der Waals surface area contributed by atoms with Crippen LogP contribution in [-0.4, -0.2) is 134 Å². The molecule has 9 rings (SSSR count). The summed E-state index contributed by atoms with van der Waals surface area (Å²) >= 11 is 1.80. The molecular formula is C59H66N4O16S. The number of aromatic nitrogens is 2. The third-order valence-corrected chi connectivity index (χ3v) is 17.0. The number of nitrogens with zero attached hydrogens (tertiary/aromatic N) is 1. The van der Waals surface area contributed by atoms with E-state index in [4.69, 9.17) is 23.7 Å². The van der Waals surface area contributed by atoms with Crippen LogP contribution in [0.5, 0.6) is 0 Å². The Morgan fingerprint density at radius 2 is 1.51 bits per heavy atom. The first-order chi connectivity index (χ1) is 38.0. The van der Waals surface area contributed by atoms with Crippen LogP contribution in [0.25, 0.3) is 11.0 Å². The van der Waals surface area contributed by atoms with Gasteiger partial charge in [-0.3, -0.25) is 24.5 Å². The Morgan fingerprint density at radius 3 is 2.10 bits per heavy atom. The summed E-state index contributed by atoms with van der Waals surface area (Å²) in [7, 11) is 1.32. The van der Waals surface area contributed by atoms with E-state index in [1.807, 2.05) is 18.2 Å². The molecule has 4 aromatic carbocycles. The summed E-state index contributed by atoms with van der Waals surface area (Å²) in [5.41, 5.74) is -5.29. The van der Waals surface area contributed by atoms with E-state index in [1.165, 1.54) is 38.0 Å². The Morgan fingerprint density at radius 1 is 0.875 bits per heavy atom. The van der Waals surface area contributed by atoms with Crippen LogP contribution >= 0.6 is 11.8 Å².